The van der Waals surface area contributed by atoms with E-state index < -0.39 is 0 Å². The lowest BCUT2D eigenvalue weighted by atomic mass is 10.2. The lowest BCUT2D eigenvalue weighted by molar-refractivity contribution is 0.327. The van der Waals surface area contributed by atoms with E-state index in [0.29, 0.717) is 6.42 Å². The summed E-state index contributed by atoms with van der Waals surface area (Å²) in [7, 11) is 0. The first kappa shape index (κ1) is 10.2. The first-order chi connectivity index (χ1) is 5.31. The van der Waals surface area contributed by atoms with E-state index in [0.717, 1.165) is 12.8 Å². The van der Waals surface area contributed by atoms with Crippen molar-refractivity contribution in [2.75, 3.05) is 6.61 Å². The van der Waals surface area contributed by atoms with Crippen LogP contribution in [-0.2, 0) is 0 Å². The second-order valence-corrected chi connectivity index (χ2v) is 2.20. The molecule has 2 heteroatoms. The first-order valence-electron chi connectivity index (χ1n) is 3.74. The van der Waals surface area contributed by atoms with Crippen LogP contribution < -0.4 is 0 Å². The topological polar surface area (TPSA) is 40.5 Å². The Hall–Kier alpha value is -0.760. The van der Waals surface area contributed by atoms with Gasteiger partial charge in [0.2, 0.25) is 0 Å². The molecule has 0 aromatic rings. The van der Waals surface area contributed by atoms with E-state index >= 15 is 0 Å². The van der Waals surface area contributed by atoms with Gasteiger partial charge in [-0.05, 0) is 18.9 Å². The standard InChI is InChI=1S/C9H15O2/c1-2-3-4-5-6-9(11)7-8-10/h4-5,7,10-11H,1-3,6,8H2. The summed E-state index contributed by atoms with van der Waals surface area (Å²) in [6.07, 6.45) is 7.53. The minimum atomic E-state index is -0.102. The van der Waals surface area contributed by atoms with Crippen LogP contribution >= 0.6 is 0 Å². The van der Waals surface area contributed by atoms with Gasteiger partial charge in [0.1, 0.15) is 0 Å². The molecule has 0 aliphatic carbocycles. The van der Waals surface area contributed by atoms with E-state index in [1.54, 1.807) is 0 Å². The van der Waals surface area contributed by atoms with E-state index in [9.17, 15) is 0 Å². The molecule has 0 fully saturated rings. The van der Waals surface area contributed by atoms with Crippen molar-refractivity contribution in [1.29, 1.82) is 0 Å². The Morgan fingerprint density at radius 3 is 2.64 bits per heavy atom. The van der Waals surface area contributed by atoms with Gasteiger partial charge in [0.15, 0.2) is 0 Å². The van der Waals surface area contributed by atoms with Crippen molar-refractivity contribution in [1.82, 2.24) is 0 Å². The Morgan fingerprint density at radius 1 is 1.36 bits per heavy atom. The molecule has 0 aliphatic heterocycles. The van der Waals surface area contributed by atoms with Crippen LogP contribution in [0.15, 0.2) is 24.0 Å². The molecule has 11 heavy (non-hydrogen) atoms. The number of hydrogen-bond donors (Lipinski definition) is 2. The highest BCUT2D eigenvalue weighted by atomic mass is 16.3. The Balaban J connectivity index is 3.44. The van der Waals surface area contributed by atoms with Gasteiger partial charge in [-0.25, -0.2) is 0 Å². The molecule has 0 atom stereocenters. The Bertz CT molecular complexity index is 136. The normalized spacial score (nSPS) is 12.7. The third kappa shape index (κ3) is 7.13. The highest BCUT2D eigenvalue weighted by Crippen LogP contribution is 1.98. The third-order valence-electron chi connectivity index (χ3n) is 1.19. The molecule has 0 aliphatic rings. The number of hydrogen-bond acceptors (Lipinski definition) is 2. The summed E-state index contributed by atoms with van der Waals surface area (Å²) >= 11 is 0. The minimum Gasteiger partial charge on any atom is -0.512 e. The fourth-order valence-electron chi connectivity index (χ4n) is 0.628. The predicted octanol–water partition coefficient (Wildman–Crippen LogP) is 1.98. The molecule has 63 valence electrons. The molecular formula is C9H15O2. The maximum Gasteiger partial charge on any atom is 0.0943 e. The molecule has 1 radical (unpaired) electrons. The Morgan fingerprint density at radius 2 is 2.09 bits per heavy atom. The van der Waals surface area contributed by atoms with Crippen LogP contribution in [0.1, 0.15) is 19.3 Å². The van der Waals surface area contributed by atoms with E-state index in [-0.39, 0.29) is 12.4 Å². The molecule has 0 heterocycles. The van der Waals surface area contributed by atoms with Gasteiger partial charge in [-0.1, -0.05) is 19.1 Å². The van der Waals surface area contributed by atoms with E-state index in [2.05, 4.69) is 6.92 Å². The van der Waals surface area contributed by atoms with Crippen molar-refractivity contribution in [3.63, 3.8) is 0 Å². The molecule has 0 aromatic carbocycles. The predicted molar refractivity (Wildman–Crippen MR) is 46.1 cm³/mol. The molecule has 0 rings (SSSR count). The molecule has 0 saturated carbocycles. The summed E-state index contributed by atoms with van der Waals surface area (Å²) in [4.78, 5) is 0. The molecule has 0 aromatic heterocycles. The summed E-state index contributed by atoms with van der Waals surface area (Å²) in [6.45, 7) is 3.57. The number of aliphatic hydroxyl groups excluding tert-OH is 2. The molecule has 0 bridgehead atoms. The van der Waals surface area contributed by atoms with Crippen molar-refractivity contribution in [2.24, 2.45) is 0 Å². The zero-order valence-electron chi connectivity index (χ0n) is 6.66. The number of unbranched alkanes of at least 4 members (excludes halogenated alkanes) is 1. The lowest BCUT2D eigenvalue weighted by Crippen LogP contribution is -1.81. The van der Waals surface area contributed by atoms with Crippen LogP contribution in [0.4, 0.5) is 0 Å². The van der Waals surface area contributed by atoms with Gasteiger partial charge in [0, 0.05) is 6.42 Å². The van der Waals surface area contributed by atoms with Gasteiger partial charge < -0.3 is 10.2 Å². The van der Waals surface area contributed by atoms with E-state index in [4.69, 9.17) is 10.2 Å². The van der Waals surface area contributed by atoms with Gasteiger partial charge in [-0.2, -0.15) is 0 Å². The minimum absolute atomic E-state index is 0.102. The van der Waals surface area contributed by atoms with Crippen LogP contribution in [-0.4, -0.2) is 16.8 Å². The number of aliphatic hydroxyl groups is 2. The van der Waals surface area contributed by atoms with Crippen LogP contribution in [0, 0.1) is 6.92 Å². The highest BCUT2D eigenvalue weighted by molar-refractivity contribution is 4.98. The second kappa shape index (κ2) is 7.35. The summed E-state index contributed by atoms with van der Waals surface area (Å²) in [6, 6.07) is 0. The molecule has 0 amide bonds. The van der Waals surface area contributed by atoms with Crippen molar-refractivity contribution >= 4 is 0 Å². The zero-order chi connectivity index (χ0) is 8.53. The molecule has 2 nitrogen and oxygen atoms in total. The average molecular weight is 155 g/mol. The SMILES string of the molecule is [CH2]CCC=CCC(O)=CCO. The van der Waals surface area contributed by atoms with Crippen LogP contribution in [0.25, 0.3) is 0 Å². The van der Waals surface area contributed by atoms with Gasteiger partial charge in [0.25, 0.3) is 0 Å². The van der Waals surface area contributed by atoms with Crippen LogP contribution in [0.3, 0.4) is 0 Å². The summed E-state index contributed by atoms with van der Waals surface area (Å²) in [5.41, 5.74) is 0. The third-order valence-corrected chi connectivity index (χ3v) is 1.19. The number of rotatable bonds is 5. The Kier molecular flexibility index (Phi) is 6.84. The first-order valence-corrected chi connectivity index (χ1v) is 3.74. The van der Waals surface area contributed by atoms with E-state index in [1.165, 1.54) is 6.08 Å². The van der Waals surface area contributed by atoms with Gasteiger partial charge >= 0.3 is 0 Å². The highest BCUT2D eigenvalue weighted by Gasteiger charge is 1.85. The summed E-state index contributed by atoms with van der Waals surface area (Å²) in [5, 5.41) is 17.4. The summed E-state index contributed by atoms with van der Waals surface area (Å²) in [5.74, 6) is 0.216. The lowest BCUT2D eigenvalue weighted by Gasteiger charge is -1.91. The van der Waals surface area contributed by atoms with Gasteiger partial charge in [-0.15, -0.1) is 0 Å². The maximum atomic E-state index is 8.98. The van der Waals surface area contributed by atoms with Gasteiger partial charge in [-0.3, -0.25) is 0 Å². The molecule has 0 unspecified atom stereocenters. The monoisotopic (exact) mass is 155 g/mol. The quantitative estimate of drug-likeness (QED) is 0.471. The molecular weight excluding hydrogens is 140 g/mol. The van der Waals surface area contributed by atoms with Crippen molar-refractivity contribution < 1.29 is 10.2 Å². The number of allylic oxidation sites excluding steroid dienone is 2. The van der Waals surface area contributed by atoms with Crippen LogP contribution in [0.5, 0.6) is 0 Å². The summed E-state index contributed by atoms with van der Waals surface area (Å²) < 4.78 is 0. The van der Waals surface area contributed by atoms with Crippen molar-refractivity contribution in [3.8, 4) is 0 Å². The molecule has 0 spiro atoms. The average Bonchev–Trinajstić information content (AvgIpc) is 1.99. The smallest absolute Gasteiger partial charge is 0.0943 e. The van der Waals surface area contributed by atoms with Crippen molar-refractivity contribution in [2.45, 2.75) is 19.3 Å². The maximum absolute atomic E-state index is 8.98. The molecule has 0 saturated heterocycles. The fraction of sp³-hybridized carbons (Fsp3) is 0.444. The van der Waals surface area contributed by atoms with Gasteiger partial charge in [0.05, 0.1) is 12.4 Å². The molecule has 2 N–H and O–H groups in total. The Labute approximate surface area is 67.9 Å². The zero-order valence-corrected chi connectivity index (χ0v) is 6.66. The van der Waals surface area contributed by atoms with Crippen LogP contribution in [0.2, 0.25) is 0 Å². The fourth-order valence-corrected chi connectivity index (χ4v) is 0.628. The van der Waals surface area contributed by atoms with Crippen molar-refractivity contribution in [3.05, 3.63) is 30.9 Å². The van der Waals surface area contributed by atoms with E-state index in [1.807, 2.05) is 12.2 Å². The largest absolute Gasteiger partial charge is 0.512 e. The second-order valence-electron chi connectivity index (χ2n) is 2.20.